The molecule has 0 fully saturated rings. The molecule has 0 aliphatic carbocycles. The van der Waals surface area contributed by atoms with Crippen LogP contribution in [0.3, 0.4) is 0 Å². The molecule has 0 N–H and O–H groups in total. The van der Waals surface area contributed by atoms with E-state index >= 15 is 0 Å². The second-order valence-electron chi connectivity index (χ2n) is 2.63. The number of rotatable bonds is 0. The molecule has 1 amide bonds. The minimum atomic E-state index is 0.0752. The normalized spacial score (nSPS) is 15.3. The molecule has 0 spiro atoms. The van der Waals surface area contributed by atoms with Crippen molar-refractivity contribution in [2.45, 2.75) is 6.42 Å². The predicted molar refractivity (Wildman–Crippen MR) is 42.2 cm³/mol. The van der Waals surface area contributed by atoms with Crippen LogP contribution in [-0.4, -0.2) is 17.2 Å². The lowest BCUT2D eigenvalue weighted by atomic mass is 10.2. The summed E-state index contributed by atoms with van der Waals surface area (Å²) in [6, 6.07) is 7.71. The fraction of sp³-hybridized carbons (Fsp3) is 0.111. The van der Waals surface area contributed by atoms with E-state index in [4.69, 9.17) is 0 Å². The molecule has 2 heteroatoms. The van der Waals surface area contributed by atoms with Crippen molar-refractivity contribution >= 4 is 18.3 Å². The third-order valence-corrected chi connectivity index (χ3v) is 1.93. The molecule has 2 nitrogen and oxygen atoms in total. The van der Waals surface area contributed by atoms with Crippen molar-refractivity contribution in [3.63, 3.8) is 0 Å². The summed E-state index contributed by atoms with van der Waals surface area (Å²) in [5, 5.41) is 0. The molecule has 1 aliphatic heterocycles. The van der Waals surface area contributed by atoms with Crippen molar-refractivity contribution in [1.82, 2.24) is 0 Å². The molecule has 0 unspecified atom stereocenters. The number of carbonyl (C=O) groups is 1. The average molecular weight is 146 g/mol. The lowest BCUT2D eigenvalue weighted by molar-refractivity contribution is -0.350. The summed E-state index contributed by atoms with van der Waals surface area (Å²) in [5.74, 6) is 0.0752. The first kappa shape index (κ1) is 6.28. The third-order valence-electron chi connectivity index (χ3n) is 1.93. The lowest BCUT2D eigenvalue weighted by Crippen LogP contribution is -2.06. The minimum absolute atomic E-state index is 0.0752. The molecule has 2 rings (SSSR count). The predicted octanol–water partition coefficient (Wildman–Crippen LogP) is 1.11. The maximum Gasteiger partial charge on any atom is 0.396 e. The van der Waals surface area contributed by atoms with E-state index in [9.17, 15) is 4.79 Å². The van der Waals surface area contributed by atoms with E-state index in [1.54, 1.807) is 0 Å². The molecule has 0 aromatic heterocycles. The van der Waals surface area contributed by atoms with Crippen LogP contribution in [0.25, 0.3) is 0 Å². The Labute approximate surface area is 64.8 Å². The molecular formula is C9H8NO+. The molecule has 1 aromatic carbocycles. The molecule has 1 heterocycles. The molecule has 0 bridgehead atoms. The van der Waals surface area contributed by atoms with Gasteiger partial charge in [-0.3, -0.25) is 0 Å². The Morgan fingerprint density at radius 3 is 2.82 bits per heavy atom. The molecule has 0 radical (unpaired) electrons. The van der Waals surface area contributed by atoms with Crippen molar-refractivity contribution in [2.24, 2.45) is 0 Å². The third kappa shape index (κ3) is 0.792. The second kappa shape index (κ2) is 2.02. The molecule has 11 heavy (non-hydrogen) atoms. The molecular weight excluding hydrogens is 138 g/mol. The molecule has 0 saturated carbocycles. The van der Waals surface area contributed by atoms with E-state index in [-0.39, 0.29) is 5.91 Å². The zero-order chi connectivity index (χ0) is 7.84. The van der Waals surface area contributed by atoms with Crippen LogP contribution < -0.4 is 0 Å². The van der Waals surface area contributed by atoms with Gasteiger partial charge in [-0.1, -0.05) is 18.2 Å². The smallest absolute Gasteiger partial charge is 0.219 e. The monoisotopic (exact) mass is 146 g/mol. The van der Waals surface area contributed by atoms with Gasteiger partial charge in [-0.25, -0.2) is 4.79 Å². The van der Waals surface area contributed by atoms with E-state index in [1.165, 1.54) is 4.58 Å². The molecule has 0 atom stereocenters. The summed E-state index contributed by atoms with van der Waals surface area (Å²) in [4.78, 5) is 11.1. The highest BCUT2D eigenvalue weighted by atomic mass is 16.2. The summed E-state index contributed by atoms with van der Waals surface area (Å²) in [5.41, 5.74) is 2.02. The summed E-state index contributed by atoms with van der Waals surface area (Å²) in [7, 11) is 0. The zero-order valence-corrected chi connectivity index (χ0v) is 6.08. The lowest BCUT2D eigenvalue weighted by Gasteiger charge is -1.87. The first-order chi connectivity index (χ1) is 5.29. The van der Waals surface area contributed by atoms with E-state index in [2.05, 4.69) is 6.72 Å². The fourth-order valence-corrected chi connectivity index (χ4v) is 1.32. The Morgan fingerprint density at radius 2 is 2.09 bits per heavy atom. The van der Waals surface area contributed by atoms with Crippen LogP contribution in [0.1, 0.15) is 5.56 Å². The summed E-state index contributed by atoms with van der Waals surface area (Å²) in [6.45, 7) is 3.64. The van der Waals surface area contributed by atoms with Crippen molar-refractivity contribution in [1.29, 1.82) is 0 Å². The number of para-hydroxylation sites is 1. The largest absolute Gasteiger partial charge is 0.396 e. The fourth-order valence-electron chi connectivity index (χ4n) is 1.32. The van der Waals surface area contributed by atoms with Gasteiger partial charge < -0.3 is 0 Å². The summed E-state index contributed by atoms with van der Waals surface area (Å²) in [6.07, 6.45) is 0.500. The number of fused-ring (bicyclic) bond motifs is 1. The summed E-state index contributed by atoms with van der Waals surface area (Å²) >= 11 is 0. The van der Waals surface area contributed by atoms with Crippen LogP contribution in [-0.2, 0) is 11.2 Å². The second-order valence-corrected chi connectivity index (χ2v) is 2.63. The van der Waals surface area contributed by atoms with Gasteiger partial charge in [0.25, 0.3) is 0 Å². The van der Waals surface area contributed by atoms with Gasteiger partial charge in [-0.05, 0) is 0 Å². The van der Waals surface area contributed by atoms with Crippen molar-refractivity contribution in [3.05, 3.63) is 29.8 Å². The maximum atomic E-state index is 11.1. The first-order valence-corrected chi connectivity index (χ1v) is 3.50. The van der Waals surface area contributed by atoms with Crippen LogP contribution in [0.4, 0.5) is 5.69 Å². The number of carbonyl (C=O) groups excluding carboxylic acids is 1. The average Bonchev–Trinajstić information content (AvgIpc) is 2.30. The van der Waals surface area contributed by atoms with Gasteiger partial charge in [0.05, 0.1) is 0 Å². The number of amides is 1. The Bertz CT molecular complexity index is 341. The maximum absolute atomic E-state index is 11.1. The highest BCUT2D eigenvalue weighted by Gasteiger charge is 2.30. The number of nitrogens with zero attached hydrogens (tertiary/aromatic N) is 1. The zero-order valence-electron chi connectivity index (χ0n) is 6.08. The van der Waals surface area contributed by atoms with Gasteiger partial charge in [-0.2, -0.15) is 0 Å². The van der Waals surface area contributed by atoms with Crippen LogP contribution in [0.5, 0.6) is 0 Å². The minimum Gasteiger partial charge on any atom is -0.219 e. The topological polar surface area (TPSA) is 20.1 Å². The van der Waals surface area contributed by atoms with Gasteiger partial charge in [0.15, 0.2) is 0 Å². The Kier molecular flexibility index (Phi) is 1.15. The Hall–Kier alpha value is -1.44. The van der Waals surface area contributed by atoms with Crippen LogP contribution in [0.2, 0.25) is 0 Å². The van der Waals surface area contributed by atoms with Crippen LogP contribution in [0.15, 0.2) is 24.3 Å². The highest BCUT2D eigenvalue weighted by Crippen LogP contribution is 2.24. The van der Waals surface area contributed by atoms with Crippen LogP contribution in [0, 0.1) is 0 Å². The van der Waals surface area contributed by atoms with Crippen molar-refractivity contribution in [3.8, 4) is 0 Å². The Morgan fingerprint density at radius 1 is 1.36 bits per heavy atom. The molecule has 1 aromatic rings. The van der Waals surface area contributed by atoms with Crippen molar-refractivity contribution < 1.29 is 9.37 Å². The van der Waals surface area contributed by atoms with E-state index in [1.807, 2.05) is 24.3 Å². The van der Waals surface area contributed by atoms with Gasteiger partial charge in [0.1, 0.15) is 13.1 Å². The molecule has 0 saturated heterocycles. The molecule has 1 aliphatic rings. The Balaban J connectivity index is 2.64. The quantitative estimate of drug-likeness (QED) is 0.502. The number of hydrogen-bond acceptors (Lipinski definition) is 1. The van der Waals surface area contributed by atoms with E-state index in [0.717, 1.165) is 11.3 Å². The molecule has 54 valence electrons. The van der Waals surface area contributed by atoms with Gasteiger partial charge in [0.2, 0.25) is 5.69 Å². The SMILES string of the molecule is C=[N+]1C(=O)Cc2ccccc21. The van der Waals surface area contributed by atoms with Crippen LogP contribution >= 0.6 is 0 Å². The summed E-state index contributed by atoms with van der Waals surface area (Å²) < 4.78 is 1.45. The highest BCUT2D eigenvalue weighted by molar-refractivity contribution is 5.81. The van der Waals surface area contributed by atoms with E-state index < -0.39 is 0 Å². The standard InChI is InChI=1S/C9H8NO/c1-10-8-5-3-2-4-7(8)6-9(10)11/h2-5H,1,6H2/q+1. The van der Waals surface area contributed by atoms with Gasteiger partial charge in [0, 0.05) is 11.6 Å². The number of hydrogen-bond donors (Lipinski definition) is 0. The van der Waals surface area contributed by atoms with Crippen molar-refractivity contribution in [2.75, 3.05) is 0 Å². The number of benzene rings is 1. The van der Waals surface area contributed by atoms with E-state index in [0.29, 0.717) is 6.42 Å². The first-order valence-electron chi connectivity index (χ1n) is 3.50. The van der Waals surface area contributed by atoms with Gasteiger partial charge >= 0.3 is 5.91 Å². The van der Waals surface area contributed by atoms with Gasteiger partial charge in [-0.15, -0.1) is 4.58 Å².